The van der Waals surface area contributed by atoms with E-state index in [1.165, 1.54) is 23.5 Å². The number of nitro groups is 1. The molecule has 0 N–H and O–H groups in total. The number of imide groups is 1. The van der Waals surface area contributed by atoms with Crippen molar-refractivity contribution in [2.75, 3.05) is 0 Å². The zero-order valence-corrected chi connectivity index (χ0v) is 15.0. The van der Waals surface area contributed by atoms with Crippen LogP contribution in [0.3, 0.4) is 0 Å². The van der Waals surface area contributed by atoms with E-state index >= 15 is 0 Å². The van der Waals surface area contributed by atoms with E-state index in [-0.39, 0.29) is 23.4 Å². The number of thiazole rings is 1. The highest BCUT2D eigenvalue weighted by atomic mass is 32.1. The molecule has 0 unspecified atom stereocenters. The van der Waals surface area contributed by atoms with Crippen LogP contribution in [0.15, 0.2) is 47.8 Å². The van der Waals surface area contributed by atoms with E-state index < -0.39 is 16.7 Å². The Hall–Kier alpha value is -3.39. The number of hydrogen-bond acceptors (Lipinski definition) is 6. The lowest BCUT2D eigenvalue weighted by Crippen LogP contribution is -2.29. The number of nitro benzene ring substituents is 1. The summed E-state index contributed by atoms with van der Waals surface area (Å²) >= 11 is 1.43. The Morgan fingerprint density at radius 2 is 1.78 bits per heavy atom. The summed E-state index contributed by atoms with van der Waals surface area (Å²) in [5.74, 6) is -1.00. The number of hydrogen-bond donors (Lipinski definition) is 0. The fourth-order valence-corrected chi connectivity index (χ4v) is 3.72. The standard InChI is InChI=1S/C19H13N3O4S/c1-11-2-4-12(5-3-11)17-20-13(10-27-17)9-21-18(23)15-7-6-14(22(25)26)8-16(15)19(21)24/h2-8,10H,9H2,1H3. The van der Waals surface area contributed by atoms with Crippen molar-refractivity contribution in [1.82, 2.24) is 9.88 Å². The molecule has 2 aromatic carbocycles. The number of amides is 2. The number of nitrogens with zero attached hydrogens (tertiary/aromatic N) is 3. The number of non-ortho nitro benzene ring substituents is 1. The van der Waals surface area contributed by atoms with Crippen LogP contribution in [-0.4, -0.2) is 26.6 Å². The van der Waals surface area contributed by atoms with Crippen LogP contribution in [0.2, 0.25) is 0 Å². The highest BCUT2D eigenvalue weighted by molar-refractivity contribution is 7.13. The zero-order chi connectivity index (χ0) is 19.1. The molecule has 27 heavy (non-hydrogen) atoms. The van der Waals surface area contributed by atoms with Gasteiger partial charge in [-0.2, -0.15) is 0 Å². The van der Waals surface area contributed by atoms with Gasteiger partial charge in [-0.3, -0.25) is 24.6 Å². The van der Waals surface area contributed by atoms with E-state index in [9.17, 15) is 19.7 Å². The number of aryl methyl sites for hydroxylation is 1. The highest BCUT2D eigenvalue weighted by Gasteiger charge is 2.37. The molecule has 1 aliphatic heterocycles. The van der Waals surface area contributed by atoms with Crippen molar-refractivity contribution in [2.24, 2.45) is 0 Å². The molecule has 8 heteroatoms. The van der Waals surface area contributed by atoms with Crippen LogP contribution in [0.5, 0.6) is 0 Å². The lowest BCUT2D eigenvalue weighted by Gasteiger charge is -2.11. The van der Waals surface area contributed by atoms with E-state index in [1.807, 2.05) is 31.2 Å². The van der Waals surface area contributed by atoms with Gasteiger partial charge < -0.3 is 0 Å². The summed E-state index contributed by atoms with van der Waals surface area (Å²) in [5.41, 5.74) is 2.74. The summed E-state index contributed by atoms with van der Waals surface area (Å²) in [6.07, 6.45) is 0. The third kappa shape index (κ3) is 3.00. The first-order valence-corrected chi connectivity index (χ1v) is 8.98. The van der Waals surface area contributed by atoms with Gasteiger partial charge in [-0.15, -0.1) is 11.3 Å². The second-order valence-electron chi connectivity index (χ2n) is 6.19. The summed E-state index contributed by atoms with van der Waals surface area (Å²) in [4.78, 5) is 41.0. The maximum Gasteiger partial charge on any atom is 0.270 e. The molecular formula is C19H13N3O4S. The van der Waals surface area contributed by atoms with Crippen molar-refractivity contribution in [3.05, 3.63) is 80.3 Å². The van der Waals surface area contributed by atoms with Crippen LogP contribution in [0.4, 0.5) is 5.69 Å². The van der Waals surface area contributed by atoms with E-state index in [4.69, 9.17) is 0 Å². The maximum atomic E-state index is 12.6. The number of carbonyl (C=O) groups excluding carboxylic acids is 2. The molecule has 0 spiro atoms. The molecule has 1 aliphatic rings. The number of carbonyl (C=O) groups is 2. The Bertz CT molecular complexity index is 1090. The Labute approximate surface area is 158 Å². The third-order valence-corrected chi connectivity index (χ3v) is 5.28. The fraction of sp³-hybridized carbons (Fsp3) is 0.105. The second kappa shape index (κ2) is 6.40. The predicted molar refractivity (Wildman–Crippen MR) is 99.6 cm³/mol. The molecule has 7 nitrogen and oxygen atoms in total. The normalized spacial score (nSPS) is 13.1. The highest BCUT2D eigenvalue weighted by Crippen LogP contribution is 2.29. The summed E-state index contributed by atoms with van der Waals surface area (Å²) in [6.45, 7) is 2.03. The van der Waals surface area contributed by atoms with Gasteiger partial charge in [0.05, 0.1) is 28.3 Å². The topological polar surface area (TPSA) is 93.4 Å². The predicted octanol–water partition coefficient (Wildman–Crippen LogP) is 3.82. The van der Waals surface area contributed by atoms with E-state index in [1.54, 1.807) is 5.38 Å². The van der Waals surface area contributed by atoms with Crippen LogP contribution in [0.25, 0.3) is 10.6 Å². The molecule has 2 amide bonds. The van der Waals surface area contributed by atoms with E-state index in [0.717, 1.165) is 27.1 Å². The lowest BCUT2D eigenvalue weighted by atomic mass is 10.1. The van der Waals surface area contributed by atoms with Crippen molar-refractivity contribution in [3.8, 4) is 10.6 Å². The summed E-state index contributed by atoms with van der Waals surface area (Å²) in [7, 11) is 0. The molecule has 1 aromatic heterocycles. The van der Waals surface area contributed by atoms with Crippen LogP contribution in [-0.2, 0) is 6.54 Å². The molecule has 0 radical (unpaired) electrons. The number of benzene rings is 2. The minimum atomic E-state index is -0.588. The summed E-state index contributed by atoms with van der Waals surface area (Å²) in [5, 5.41) is 13.5. The van der Waals surface area contributed by atoms with Crippen molar-refractivity contribution in [1.29, 1.82) is 0 Å². The smallest absolute Gasteiger partial charge is 0.269 e. The first-order valence-electron chi connectivity index (χ1n) is 8.10. The molecular weight excluding hydrogens is 366 g/mol. The number of fused-ring (bicyclic) bond motifs is 1. The van der Waals surface area contributed by atoms with Gasteiger partial charge in [0.1, 0.15) is 5.01 Å². The van der Waals surface area contributed by atoms with Gasteiger partial charge in [-0.25, -0.2) is 4.98 Å². The summed E-state index contributed by atoms with van der Waals surface area (Å²) < 4.78 is 0. The SMILES string of the molecule is Cc1ccc(-c2nc(CN3C(=O)c4ccc([N+](=O)[O-])cc4C3=O)cs2)cc1. The van der Waals surface area contributed by atoms with Crippen LogP contribution < -0.4 is 0 Å². The first-order chi connectivity index (χ1) is 12.9. The molecule has 0 aliphatic carbocycles. The molecule has 2 heterocycles. The van der Waals surface area contributed by atoms with Crippen LogP contribution in [0, 0.1) is 17.0 Å². The molecule has 0 bridgehead atoms. The zero-order valence-electron chi connectivity index (χ0n) is 14.2. The molecule has 4 rings (SSSR count). The van der Waals surface area contributed by atoms with Crippen molar-refractivity contribution in [3.63, 3.8) is 0 Å². The summed E-state index contributed by atoms with van der Waals surface area (Å²) in [6, 6.07) is 11.6. The quantitative estimate of drug-likeness (QED) is 0.390. The van der Waals surface area contributed by atoms with Gasteiger partial charge in [0.2, 0.25) is 0 Å². The van der Waals surface area contributed by atoms with Gasteiger partial charge >= 0.3 is 0 Å². The Kier molecular flexibility index (Phi) is 4.04. The average molecular weight is 379 g/mol. The minimum Gasteiger partial charge on any atom is -0.269 e. The second-order valence-corrected chi connectivity index (χ2v) is 7.05. The lowest BCUT2D eigenvalue weighted by molar-refractivity contribution is -0.384. The molecule has 0 saturated heterocycles. The molecule has 0 fully saturated rings. The van der Waals surface area contributed by atoms with Gasteiger partial charge in [-0.1, -0.05) is 29.8 Å². The van der Waals surface area contributed by atoms with Crippen LogP contribution in [0.1, 0.15) is 32.0 Å². The van der Waals surface area contributed by atoms with Gasteiger partial charge in [-0.05, 0) is 13.0 Å². The van der Waals surface area contributed by atoms with Gasteiger partial charge in [0, 0.05) is 23.1 Å². The van der Waals surface area contributed by atoms with Gasteiger partial charge in [0.15, 0.2) is 0 Å². The number of aromatic nitrogens is 1. The van der Waals surface area contributed by atoms with E-state index in [0.29, 0.717) is 5.69 Å². The monoisotopic (exact) mass is 379 g/mol. The van der Waals surface area contributed by atoms with Crippen molar-refractivity contribution in [2.45, 2.75) is 13.5 Å². The largest absolute Gasteiger partial charge is 0.270 e. The molecule has 134 valence electrons. The third-order valence-electron chi connectivity index (χ3n) is 4.34. The Morgan fingerprint density at radius 3 is 2.48 bits per heavy atom. The molecule has 0 saturated carbocycles. The van der Waals surface area contributed by atoms with E-state index in [2.05, 4.69) is 4.98 Å². The number of rotatable bonds is 4. The minimum absolute atomic E-state index is 0.0303. The van der Waals surface area contributed by atoms with Crippen molar-refractivity contribution < 1.29 is 14.5 Å². The Morgan fingerprint density at radius 1 is 1.07 bits per heavy atom. The van der Waals surface area contributed by atoms with Crippen LogP contribution >= 0.6 is 11.3 Å². The maximum absolute atomic E-state index is 12.6. The van der Waals surface area contributed by atoms with Crippen molar-refractivity contribution >= 4 is 28.8 Å². The van der Waals surface area contributed by atoms with Gasteiger partial charge in [0.25, 0.3) is 17.5 Å². The Balaban J connectivity index is 1.58. The molecule has 3 aromatic rings. The fourth-order valence-electron chi connectivity index (χ4n) is 2.91. The molecule has 0 atom stereocenters. The average Bonchev–Trinajstić information content (AvgIpc) is 3.21. The first kappa shape index (κ1) is 17.0.